The summed E-state index contributed by atoms with van der Waals surface area (Å²) in [6, 6.07) is 11.8. The highest BCUT2D eigenvalue weighted by Gasteiger charge is 2.54. The highest BCUT2D eigenvalue weighted by atomic mass is 16.5. The first kappa shape index (κ1) is 17.4. The third-order valence-corrected chi connectivity index (χ3v) is 5.96. The second-order valence-electron chi connectivity index (χ2n) is 7.68. The monoisotopic (exact) mass is 377 g/mol. The van der Waals surface area contributed by atoms with Crippen LogP contribution in [0.15, 0.2) is 55.0 Å². The topological polar surface area (TPSA) is 67.5 Å². The van der Waals surface area contributed by atoms with Crippen LogP contribution in [0, 0.1) is 5.92 Å². The molecule has 2 aromatic heterocycles. The number of amides is 1. The van der Waals surface area contributed by atoms with Crippen molar-refractivity contribution in [3.05, 3.63) is 66.1 Å². The van der Waals surface area contributed by atoms with Crippen molar-refractivity contribution in [1.29, 1.82) is 0 Å². The number of para-hydroxylation sites is 1. The number of carbonyl (C=O) groups excluding carboxylic acids is 1. The van der Waals surface area contributed by atoms with Gasteiger partial charge in [-0.2, -0.15) is 0 Å². The third kappa shape index (κ3) is 2.99. The van der Waals surface area contributed by atoms with Gasteiger partial charge in [0.1, 0.15) is 5.60 Å². The Morgan fingerprint density at radius 1 is 1.25 bits per heavy atom. The predicted molar refractivity (Wildman–Crippen MR) is 105 cm³/mol. The summed E-state index contributed by atoms with van der Waals surface area (Å²) in [6.07, 6.45) is 6.34. The van der Waals surface area contributed by atoms with Crippen LogP contribution < -0.4 is 0 Å². The molecule has 2 aliphatic rings. The van der Waals surface area contributed by atoms with Crippen molar-refractivity contribution in [3.63, 3.8) is 0 Å². The number of nitrogens with one attached hydrogen (secondary N) is 1. The van der Waals surface area contributed by atoms with Gasteiger partial charge in [-0.3, -0.25) is 9.78 Å². The number of carbonyl (C=O) groups is 1. The Bertz CT molecular complexity index is 979. The van der Waals surface area contributed by atoms with Gasteiger partial charge in [-0.15, -0.1) is 0 Å². The highest BCUT2D eigenvalue weighted by Crippen LogP contribution is 2.41. The number of nitrogens with zero attached hydrogens (tertiary/aromatic N) is 2. The van der Waals surface area contributed by atoms with E-state index in [2.05, 4.69) is 9.97 Å². The van der Waals surface area contributed by atoms with E-state index in [1.54, 1.807) is 12.4 Å². The zero-order valence-electron chi connectivity index (χ0n) is 15.6. The number of pyridine rings is 1. The van der Waals surface area contributed by atoms with Gasteiger partial charge in [0.25, 0.3) is 5.91 Å². The number of likely N-dealkylation sites (tertiary alicyclic amines) is 1. The smallest absolute Gasteiger partial charge is 0.256 e. The molecule has 0 saturated carbocycles. The summed E-state index contributed by atoms with van der Waals surface area (Å²) in [6.45, 7) is 3.23. The standard InChI is InChI=1S/C22H23N3O3/c26-21(19-11-24-20-4-2-1-3-18(19)20)25-14-22(15-25)17(7-10-28-22)13-27-12-16-5-8-23-9-6-16/h1-6,8-9,11,17,24H,7,10,12-15H2. The van der Waals surface area contributed by atoms with Crippen molar-refractivity contribution in [2.24, 2.45) is 5.92 Å². The minimum absolute atomic E-state index is 0.0648. The van der Waals surface area contributed by atoms with Crippen LogP contribution in [0.5, 0.6) is 0 Å². The Hall–Kier alpha value is -2.70. The number of fused-ring (bicyclic) bond motifs is 1. The Labute approximate surface area is 163 Å². The van der Waals surface area contributed by atoms with Gasteiger partial charge >= 0.3 is 0 Å². The van der Waals surface area contributed by atoms with Crippen LogP contribution in [-0.4, -0.2) is 52.7 Å². The second-order valence-corrected chi connectivity index (χ2v) is 7.68. The fraction of sp³-hybridized carbons (Fsp3) is 0.364. The van der Waals surface area contributed by atoms with Gasteiger partial charge in [0.05, 0.1) is 31.9 Å². The Kier molecular flexibility index (Phi) is 4.37. The maximum atomic E-state index is 13.0. The highest BCUT2D eigenvalue weighted by molar-refractivity contribution is 6.07. The van der Waals surface area contributed by atoms with E-state index in [1.165, 1.54) is 0 Å². The molecule has 1 N–H and O–H groups in total. The van der Waals surface area contributed by atoms with Crippen LogP contribution in [0.4, 0.5) is 0 Å². The van der Waals surface area contributed by atoms with Crippen molar-refractivity contribution >= 4 is 16.8 Å². The zero-order valence-corrected chi connectivity index (χ0v) is 15.6. The van der Waals surface area contributed by atoms with E-state index in [0.29, 0.717) is 32.2 Å². The lowest BCUT2D eigenvalue weighted by Gasteiger charge is -2.50. The fourth-order valence-electron chi connectivity index (χ4n) is 4.33. The van der Waals surface area contributed by atoms with Gasteiger partial charge in [-0.25, -0.2) is 0 Å². The van der Waals surface area contributed by atoms with Crippen molar-refractivity contribution in [2.45, 2.75) is 18.6 Å². The van der Waals surface area contributed by atoms with Gasteiger partial charge in [-0.1, -0.05) is 18.2 Å². The van der Waals surface area contributed by atoms with E-state index >= 15 is 0 Å². The molecule has 3 aromatic rings. The van der Waals surface area contributed by atoms with Gasteiger partial charge in [0.15, 0.2) is 0 Å². The lowest BCUT2D eigenvalue weighted by atomic mass is 9.81. The predicted octanol–water partition coefficient (Wildman–Crippen LogP) is 3.01. The number of aromatic nitrogens is 2. The lowest BCUT2D eigenvalue weighted by Crippen LogP contribution is -2.66. The summed E-state index contributed by atoms with van der Waals surface area (Å²) in [5.74, 6) is 0.386. The van der Waals surface area contributed by atoms with Crippen molar-refractivity contribution in [1.82, 2.24) is 14.9 Å². The molecule has 28 heavy (non-hydrogen) atoms. The van der Waals surface area contributed by atoms with E-state index in [4.69, 9.17) is 9.47 Å². The fourth-order valence-corrected chi connectivity index (χ4v) is 4.33. The molecule has 1 atom stereocenters. The molecule has 0 aliphatic carbocycles. The maximum Gasteiger partial charge on any atom is 0.256 e. The SMILES string of the molecule is O=C(c1c[nH]c2ccccc12)N1CC2(C1)OCCC2COCc1ccncc1. The lowest BCUT2D eigenvalue weighted by molar-refractivity contribution is -0.128. The summed E-state index contributed by atoms with van der Waals surface area (Å²) >= 11 is 0. The minimum Gasteiger partial charge on any atom is -0.376 e. The van der Waals surface area contributed by atoms with E-state index in [-0.39, 0.29) is 11.5 Å². The number of hydrogen-bond donors (Lipinski definition) is 1. The molecule has 0 radical (unpaired) electrons. The number of rotatable bonds is 5. The summed E-state index contributed by atoms with van der Waals surface area (Å²) in [4.78, 5) is 22.1. The molecule has 0 bridgehead atoms. The van der Waals surface area contributed by atoms with Crippen molar-refractivity contribution < 1.29 is 14.3 Å². The van der Waals surface area contributed by atoms with Crippen molar-refractivity contribution in [3.8, 4) is 0 Å². The van der Waals surface area contributed by atoms with E-state index in [1.807, 2.05) is 47.5 Å². The summed E-state index contributed by atoms with van der Waals surface area (Å²) in [5, 5.41) is 0.970. The third-order valence-electron chi connectivity index (χ3n) is 5.96. The number of aromatic amines is 1. The number of H-pyrrole nitrogens is 1. The average molecular weight is 377 g/mol. The molecule has 144 valence electrons. The van der Waals surface area contributed by atoms with Crippen LogP contribution in [0.2, 0.25) is 0 Å². The Balaban J connectivity index is 1.21. The molecule has 6 heteroatoms. The molecular weight excluding hydrogens is 354 g/mol. The molecule has 1 amide bonds. The van der Waals surface area contributed by atoms with Crippen molar-refractivity contribution in [2.75, 3.05) is 26.3 Å². The van der Waals surface area contributed by atoms with Crippen LogP contribution in [-0.2, 0) is 16.1 Å². The van der Waals surface area contributed by atoms with Crippen LogP contribution in [0.3, 0.4) is 0 Å². The quantitative estimate of drug-likeness (QED) is 0.742. The number of ether oxygens (including phenoxy) is 2. The molecular formula is C22H23N3O3. The molecule has 1 spiro atoms. The minimum atomic E-state index is -0.250. The maximum absolute atomic E-state index is 13.0. The molecule has 1 unspecified atom stereocenters. The second kappa shape index (κ2) is 7.04. The van der Waals surface area contributed by atoms with Crippen LogP contribution >= 0.6 is 0 Å². The Morgan fingerprint density at radius 2 is 2.07 bits per heavy atom. The van der Waals surface area contributed by atoms with E-state index < -0.39 is 0 Å². The molecule has 4 heterocycles. The van der Waals surface area contributed by atoms with Gasteiger partial charge < -0.3 is 19.4 Å². The largest absolute Gasteiger partial charge is 0.376 e. The normalized spacial score (nSPS) is 20.6. The molecule has 2 fully saturated rings. The van der Waals surface area contributed by atoms with Gasteiger partial charge in [-0.05, 0) is 30.2 Å². The van der Waals surface area contributed by atoms with Crippen LogP contribution in [0.25, 0.3) is 10.9 Å². The first-order chi connectivity index (χ1) is 13.8. The van der Waals surface area contributed by atoms with E-state index in [0.717, 1.165) is 35.1 Å². The van der Waals surface area contributed by atoms with Crippen LogP contribution in [0.1, 0.15) is 22.3 Å². The first-order valence-electron chi connectivity index (χ1n) is 9.71. The summed E-state index contributed by atoms with van der Waals surface area (Å²) < 4.78 is 12.0. The zero-order chi connectivity index (χ0) is 19.0. The first-order valence-corrected chi connectivity index (χ1v) is 9.71. The molecule has 5 rings (SSSR count). The number of hydrogen-bond acceptors (Lipinski definition) is 4. The molecule has 2 saturated heterocycles. The van der Waals surface area contributed by atoms with E-state index in [9.17, 15) is 4.79 Å². The molecule has 6 nitrogen and oxygen atoms in total. The van der Waals surface area contributed by atoms with Gasteiger partial charge in [0, 0.05) is 42.0 Å². The summed E-state index contributed by atoms with van der Waals surface area (Å²) in [5.41, 5.74) is 2.59. The van der Waals surface area contributed by atoms with Gasteiger partial charge in [0.2, 0.25) is 0 Å². The Morgan fingerprint density at radius 3 is 2.93 bits per heavy atom. The average Bonchev–Trinajstić information content (AvgIpc) is 3.32. The number of benzene rings is 1. The molecule has 1 aromatic carbocycles. The molecule has 2 aliphatic heterocycles. The summed E-state index contributed by atoms with van der Waals surface area (Å²) in [7, 11) is 0.